The van der Waals surface area contributed by atoms with Gasteiger partial charge in [0.05, 0.1) is 49.4 Å². The van der Waals surface area contributed by atoms with Crippen LogP contribution in [0.15, 0.2) is 79.1 Å². The van der Waals surface area contributed by atoms with E-state index in [0.717, 1.165) is 78.4 Å². The highest BCUT2D eigenvalue weighted by Crippen LogP contribution is 2.33. The summed E-state index contributed by atoms with van der Waals surface area (Å²) in [6.45, 7) is 2.73. The van der Waals surface area contributed by atoms with E-state index in [-0.39, 0.29) is 55.3 Å². The number of phenols is 1. The van der Waals surface area contributed by atoms with Gasteiger partial charge < -0.3 is 91.1 Å². The van der Waals surface area contributed by atoms with Gasteiger partial charge in [-0.1, -0.05) is 65.1 Å². The molecule has 3 aliphatic rings. The van der Waals surface area contributed by atoms with Gasteiger partial charge in [0.2, 0.25) is 35.4 Å². The average molecular weight is 1390 g/mol. The summed E-state index contributed by atoms with van der Waals surface area (Å²) >= 11 is 1.38. The number of methoxy groups -OCH3 is 1. The van der Waals surface area contributed by atoms with Gasteiger partial charge in [-0.05, 0) is 86.8 Å². The Balaban J connectivity index is 1.06. The lowest BCUT2D eigenvalue weighted by Gasteiger charge is -2.34. The second-order valence-corrected chi connectivity index (χ2v) is 25.6. The molecular weight excluding hydrogens is 1310 g/mol. The zero-order valence-electron chi connectivity index (χ0n) is 53.8. The number of hydrogen-bond donors (Lipinski definition) is 14. The van der Waals surface area contributed by atoms with E-state index in [1.807, 2.05) is 24.3 Å². The molecule has 0 saturated carbocycles. The zero-order valence-corrected chi connectivity index (χ0v) is 55.4. The van der Waals surface area contributed by atoms with Gasteiger partial charge in [0.1, 0.15) is 52.0 Å². The lowest BCUT2D eigenvalue weighted by molar-refractivity contribution is -0.433. The molecule has 97 heavy (non-hydrogen) atoms. The van der Waals surface area contributed by atoms with Gasteiger partial charge in [0, 0.05) is 101 Å². The molecule has 0 unspecified atom stereocenters. The summed E-state index contributed by atoms with van der Waals surface area (Å²) in [5.41, 5.74) is 2.31. The number of β-amino-alcohol motifs (C(OH)–C–C–N with tert-alkyl or cyclic N) is 1. The summed E-state index contributed by atoms with van der Waals surface area (Å²) in [7, 11) is 3.41. The summed E-state index contributed by atoms with van der Waals surface area (Å²) in [5.74, 6) is -8.59. The minimum atomic E-state index is -2.12. The average Bonchev–Trinajstić information content (AvgIpc) is 1.68. The first-order valence-electron chi connectivity index (χ1n) is 31.7. The topological polar surface area (TPSA) is 450 Å². The van der Waals surface area contributed by atoms with Crippen molar-refractivity contribution >= 4 is 65.0 Å². The van der Waals surface area contributed by atoms with Crippen LogP contribution in [0.25, 0.3) is 21.1 Å². The molecule has 5 heterocycles. The predicted octanol–water partition coefficient (Wildman–Crippen LogP) is -0.221. The minimum absolute atomic E-state index is 0.0158. The second-order valence-electron chi connectivity index (χ2n) is 24.2. The number of carbonyl (C=O) groups is 7. The number of aromatic nitrogens is 4. The van der Waals surface area contributed by atoms with Crippen LogP contribution in [0.2, 0.25) is 0 Å². The number of aliphatic hydroxyl groups is 6. The van der Waals surface area contributed by atoms with Crippen molar-refractivity contribution < 1.29 is 97.6 Å². The number of aromatic hydroxyl groups is 1. The third-order valence-electron chi connectivity index (χ3n) is 16.8. The number of aryl methyl sites for hydroxylation is 1. The maximum atomic E-state index is 15.1. The molecule has 0 radical (unpaired) electrons. The largest absolute Gasteiger partial charge is 0.504 e. The highest BCUT2D eigenvalue weighted by atomic mass is 32.2. The van der Waals surface area contributed by atoms with E-state index in [2.05, 4.69) is 56.6 Å². The summed E-state index contributed by atoms with van der Waals surface area (Å²) in [6.07, 6.45) is -3.64. The maximum absolute atomic E-state index is 15.1. The number of benzene rings is 3. The monoisotopic (exact) mass is 1390 g/mol. The van der Waals surface area contributed by atoms with Crippen LogP contribution in [-0.4, -0.2) is 232 Å². The molecule has 34 heteroatoms. The van der Waals surface area contributed by atoms with Gasteiger partial charge in [-0.3, -0.25) is 38.2 Å². The first kappa shape index (κ1) is 74.8. The molecule has 32 nitrogen and oxygen atoms in total. The fourth-order valence-electron chi connectivity index (χ4n) is 11.5. The van der Waals surface area contributed by atoms with E-state index in [1.165, 1.54) is 42.5 Å². The van der Waals surface area contributed by atoms with Gasteiger partial charge in [-0.25, -0.2) is 5.26 Å². The number of hydrogen-bond acceptors (Lipinski definition) is 26. The number of phenolic OH excluding ortho intramolecular Hbond substituents is 1. The number of nitrogens with one attached hydrogen (secondary N) is 6. The van der Waals surface area contributed by atoms with Crippen LogP contribution in [0, 0.1) is 5.92 Å². The number of aliphatic hydroxyl groups excluding tert-OH is 6. The second kappa shape index (κ2) is 36.0. The van der Waals surface area contributed by atoms with E-state index in [1.54, 1.807) is 43.4 Å². The van der Waals surface area contributed by atoms with Gasteiger partial charge >= 0.3 is 0 Å². The molecule has 0 spiro atoms. The number of amides is 7. The summed E-state index contributed by atoms with van der Waals surface area (Å²) < 4.78 is 22.0. The fraction of sp³-hybridized carbons (Fsp3) is 0.524. The molecular formula is C63H84N12O20S2. The molecule has 2 aromatic heterocycles. The summed E-state index contributed by atoms with van der Waals surface area (Å²) in [4.78, 5) is 104. The van der Waals surface area contributed by atoms with E-state index >= 15 is 4.79 Å². The molecule has 0 bridgehead atoms. The van der Waals surface area contributed by atoms with Crippen LogP contribution in [-0.2, 0) is 62.9 Å². The molecule has 528 valence electrons. The van der Waals surface area contributed by atoms with Crippen LogP contribution < -0.4 is 40.8 Å². The fourth-order valence-corrected chi connectivity index (χ4v) is 12.6. The first-order chi connectivity index (χ1) is 46.5. The number of fused-ring (bicyclic) bond motifs is 2. The van der Waals surface area contributed by atoms with E-state index in [4.69, 9.17) is 18.9 Å². The molecule has 14 N–H and O–H groups in total. The van der Waals surface area contributed by atoms with E-state index < -0.39 is 158 Å². The molecule has 13 atom stereocenters. The third kappa shape index (κ3) is 20.6. The van der Waals surface area contributed by atoms with Gasteiger partial charge in [0.15, 0.2) is 11.5 Å². The SMILES string of the molecule is COCCCCCCCOc1ccc(-c2nnc(-c3ccc(C(=O)N[C@H]4C[C@H](O)CNC(=O)[C@@H]5[C@@H](O)[C@H](C)CN5C(=O)[C@H]([C@H](O)CCNCc5cnn(C)c5)NC(=O)[C@H]([C@H](O)Cc5ccc(O)c(OSOOO)c5)NC(=O)[C@@H]5C[C@H](O)CN5C(=O)[C@H]([C@H](C)O)NC4=O)cc3)s2)cc1. The van der Waals surface area contributed by atoms with Crippen molar-refractivity contribution in [1.29, 1.82) is 0 Å². The Labute approximate surface area is 566 Å². The number of ether oxygens (including phenoxy) is 2. The van der Waals surface area contributed by atoms with Crippen LogP contribution in [0.4, 0.5) is 0 Å². The van der Waals surface area contributed by atoms with Crippen molar-refractivity contribution in [2.24, 2.45) is 13.0 Å². The Morgan fingerprint density at radius 2 is 1.42 bits per heavy atom. The lowest BCUT2D eigenvalue weighted by atomic mass is 9.98. The highest BCUT2D eigenvalue weighted by Gasteiger charge is 2.50. The number of carbonyl (C=O) groups excluding carboxylic acids is 7. The standard InChI is InChI=1S/C63H84N12O20S2/c1-34-31-75-53(54(34)82)59(87)65-30-41(77)26-44(67-55(83)38-11-13-39(14-12-38)60-71-72-61(96-60)40-15-17-43(18-16-40)92-23-9-7-5-6-8-22-91-4)56(84)68-50(35(2)76)62(88)74-33-42(78)27-45(74)57(85)69-51(48(81)24-36-10-19-46(79)49(25-36)93-97-95-94-90)58(86)70-52(63(75)89)47(80)20-21-64-28-37-29-66-73(3)32-37/h10-19,25,29,32,34-35,41-42,44-45,47-48,50-54,64,76-82,90H,5-9,20-24,26-28,30-31,33H2,1-4H3,(H,65,87)(H,67,83)(H,68,84)(H,69,85)(H,70,86)/t34-,35+,41+,42+,44+,45+,47-,48-,50+,51+,52+,53+,54+/m1/s1. The van der Waals surface area contributed by atoms with Gasteiger partial charge in [0.25, 0.3) is 18.2 Å². The summed E-state index contributed by atoms with van der Waals surface area (Å²) in [5, 5.41) is 122. The molecule has 7 amide bonds. The molecule has 0 aliphatic carbocycles. The Morgan fingerprint density at radius 3 is 2.09 bits per heavy atom. The Kier molecular flexibility index (Phi) is 27.8. The maximum Gasteiger partial charge on any atom is 0.261 e. The Hall–Kier alpha value is -7.97. The first-order valence-corrected chi connectivity index (χ1v) is 33.2. The molecule has 3 saturated heterocycles. The molecule has 8 rings (SSSR count). The van der Waals surface area contributed by atoms with Crippen LogP contribution in [0.3, 0.4) is 0 Å². The van der Waals surface area contributed by atoms with E-state index in [0.29, 0.717) is 22.2 Å². The van der Waals surface area contributed by atoms with Crippen LogP contribution >= 0.6 is 23.7 Å². The van der Waals surface area contributed by atoms with E-state index in [9.17, 15) is 64.5 Å². The number of rotatable bonds is 27. The predicted molar refractivity (Wildman–Crippen MR) is 347 cm³/mol. The third-order valence-corrected chi connectivity index (χ3v) is 18.2. The quantitative estimate of drug-likeness (QED) is 0.0140. The number of unbranched alkanes of at least 4 members (excludes halogenated alkanes) is 4. The Morgan fingerprint density at radius 1 is 0.763 bits per heavy atom. The highest BCUT2D eigenvalue weighted by molar-refractivity contribution is 7.90. The van der Waals surface area contributed by atoms with Gasteiger partial charge in [-0.15, -0.1) is 10.2 Å². The lowest BCUT2D eigenvalue weighted by Crippen LogP contribution is -2.64. The zero-order chi connectivity index (χ0) is 69.9. The molecule has 3 aliphatic heterocycles. The molecule has 3 aromatic carbocycles. The van der Waals surface area contributed by atoms with Crippen molar-refractivity contribution in [1.82, 2.24) is 61.7 Å². The van der Waals surface area contributed by atoms with Crippen molar-refractivity contribution in [3.63, 3.8) is 0 Å². The van der Waals surface area contributed by atoms with Crippen LogP contribution in [0.1, 0.15) is 86.7 Å². The van der Waals surface area contributed by atoms with Crippen molar-refractivity contribution in [3.8, 4) is 38.4 Å². The minimum Gasteiger partial charge on any atom is -0.504 e. The van der Waals surface area contributed by atoms with Gasteiger partial charge in [-0.2, -0.15) is 5.10 Å². The smallest absolute Gasteiger partial charge is 0.261 e. The van der Waals surface area contributed by atoms with Crippen molar-refractivity contribution in [3.05, 3.63) is 95.8 Å². The van der Waals surface area contributed by atoms with Crippen molar-refractivity contribution in [2.75, 3.05) is 46.5 Å². The molecule has 5 aromatic rings. The normalized spacial score (nSPS) is 24.0. The Bertz CT molecular complexity index is 3440. The number of nitrogens with zero attached hydrogens (tertiary/aromatic N) is 6. The molecule has 3 fully saturated rings. The van der Waals surface area contributed by atoms with Crippen molar-refractivity contribution in [2.45, 2.75) is 151 Å². The summed E-state index contributed by atoms with van der Waals surface area (Å²) in [6, 6.07) is 6.02. The van der Waals surface area contributed by atoms with Crippen LogP contribution in [0.5, 0.6) is 17.2 Å².